The first-order chi connectivity index (χ1) is 21.2. The molecule has 0 unspecified atom stereocenters. The number of fused-ring (bicyclic) bond motifs is 6. The van der Waals surface area contributed by atoms with E-state index in [0.29, 0.717) is 0 Å². The molecule has 3 aromatic carbocycles. The van der Waals surface area contributed by atoms with E-state index >= 15 is 0 Å². The van der Waals surface area contributed by atoms with Crippen LogP contribution in [0.1, 0.15) is 69.6 Å². The van der Waals surface area contributed by atoms with Crippen LogP contribution < -0.4 is 9.13 Å². The zero-order valence-corrected chi connectivity index (χ0v) is 25.6. The molecular weight excluding hydrogens is 520 g/mol. The fourth-order valence-corrected chi connectivity index (χ4v) is 7.34. The Labute approximate surface area is 256 Å². The van der Waals surface area contributed by atoms with Gasteiger partial charge in [-0.05, 0) is 53.4 Å². The molecule has 0 fully saturated rings. The number of hydrogen-bond acceptors (Lipinski definition) is 0. The lowest BCUT2D eigenvalue weighted by atomic mass is 9.72. The Hall–Kier alpha value is -4.56. The summed E-state index contributed by atoms with van der Waals surface area (Å²) < 4.78 is 4.99. The summed E-state index contributed by atoms with van der Waals surface area (Å²) in [6.45, 7) is 6.94. The summed E-state index contributed by atoms with van der Waals surface area (Å²) in [7, 11) is 0. The molecule has 5 aromatic rings. The molecule has 0 aliphatic carbocycles. The normalized spacial score (nSPS) is 16.1. The van der Waals surface area contributed by atoms with Crippen molar-refractivity contribution in [2.75, 3.05) is 0 Å². The number of unbranched alkanes of at least 4 members (excludes halogenated alkanes) is 2. The van der Waals surface area contributed by atoms with Crippen LogP contribution in [0.2, 0.25) is 0 Å². The molecular formula is C41H40N2+2. The monoisotopic (exact) mass is 560 g/mol. The molecule has 2 aromatic heterocycles. The van der Waals surface area contributed by atoms with Gasteiger partial charge >= 0.3 is 0 Å². The third kappa shape index (κ3) is 4.39. The molecule has 2 aliphatic rings. The highest BCUT2D eigenvalue weighted by molar-refractivity contribution is 6.00. The van der Waals surface area contributed by atoms with E-state index in [1.54, 1.807) is 0 Å². The standard InChI is InChI=1S/C41H40N2/c1-4-7-8-9-16-30-21-23-31(24-22-30)32-25-26-34-36(29-32)38-20-13-15-28-43(38)41(5-2,6-3)39(34)40-35-18-11-10-17-33(35)37-19-12-14-27-42(37)40/h9-29H,4-8H2,1-3H3/q+2. The van der Waals surface area contributed by atoms with Gasteiger partial charge in [0.05, 0.1) is 16.7 Å². The van der Waals surface area contributed by atoms with Crippen molar-refractivity contribution in [3.05, 3.63) is 138 Å². The van der Waals surface area contributed by atoms with E-state index in [1.165, 1.54) is 74.4 Å². The van der Waals surface area contributed by atoms with Gasteiger partial charge in [0, 0.05) is 42.7 Å². The molecule has 212 valence electrons. The summed E-state index contributed by atoms with van der Waals surface area (Å²) in [6.07, 6.45) is 14.7. The van der Waals surface area contributed by atoms with E-state index in [9.17, 15) is 0 Å². The van der Waals surface area contributed by atoms with E-state index in [-0.39, 0.29) is 5.54 Å². The van der Waals surface area contributed by atoms with Crippen LogP contribution in [-0.4, -0.2) is 0 Å². The van der Waals surface area contributed by atoms with Crippen LogP contribution in [0.25, 0.3) is 51.0 Å². The Bertz CT molecular complexity index is 1820. The lowest BCUT2D eigenvalue weighted by molar-refractivity contribution is -0.742. The van der Waals surface area contributed by atoms with Crippen molar-refractivity contribution in [1.82, 2.24) is 0 Å². The van der Waals surface area contributed by atoms with Crippen molar-refractivity contribution < 1.29 is 9.13 Å². The fraction of sp³-hybridized carbons (Fsp3) is 0.220. The van der Waals surface area contributed by atoms with Crippen LogP contribution in [0.15, 0.2) is 122 Å². The van der Waals surface area contributed by atoms with Crippen molar-refractivity contribution in [3.8, 4) is 33.6 Å². The highest BCUT2D eigenvalue weighted by Crippen LogP contribution is 2.50. The predicted molar refractivity (Wildman–Crippen MR) is 179 cm³/mol. The molecule has 0 saturated heterocycles. The topological polar surface area (TPSA) is 7.76 Å². The quantitative estimate of drug-likeness (QED) is 0.136. The molecule has 0 bridgehead atoms. The van der Waals surface area contributed by atoms with Crippen molar-refractivity contribution in [2.45, 2.75) is 58.4 Å². The van der Waals surface area contributed by atoms with Gasteiger partial charge in [0.15, 0.2) is 17.9 Å². The summed E-state index contributed by atoms with van der Waals surface area (Å²) in [5.74, 6) is 0. The highest BCUT2D eigenvalue weighted by atomic mass is 15.1. The Balaban J connectivity index is 1.45. The zero-order valence-electron chi connectivity index (χ0n) is 25.6. The van der Waals surface area contributed by atoms with E-state index < -0.39 is 0 Å². The van der Waals surface area contributed by atoms with Gasteiger partial charge in [-0.3, -0.25) is 0 Å². The van der Waals surface area contributed by atoms with Crippen molar-refractivity contribution in [2.24, 2.45) is 0 Å². The lowest BCUT2D eigenvalue weighted by Gasteiger charge is -2.35. The second kappa shape index (κ2) is 11.3. The summed E-state index contributed by atoms with van der Waals surface area (Å²) >= 11 is 0. The second-order valence-corrected chi connectivity index (χ2v) is 11.8. The van der Waals surface area contributed by atoms with E-state index in [1.807, 2.05) is 0 Å². The number of hydrogen-bond donors (Lipinski definition) is 0. The average Bonchev–Trinajstić information content (AvgIpc) is 3.40. The Kier molecular flexibility index (Phi) is 7.15. The minimum absolute atomic E-state index is 0.177. The zero-order chi connectivity index (χ0) is 29.4. The Morgan fingerprint density at radius 1 is 0.628 bits per heavy atom. The Morgan fingerprint density at radius 3 is 2.09 bits per heavy atom. The van der Waals surface area contributed by atoms with Gasteiger partial charge in [0.2, 0.25) is 17.1 Å². The largest absolute Gasteiger partial charge is 0.230 e. The smallest absolute Gasteiger partial charge is 0.188 e. The molecule has 0 spiro atoms. The number of benzene rings is 3. The number of allylic oxidation sites excluding steroid dienone is 2. The summed E-state index contributed by atoms with van der Waals surface area (Å²) in [5, 5.41) is 0. The molecule has 0 saturated carbocycles. The molecule has 43 heavy (non-hydrogen) atoms. The molecule has 2 aliphatic heterocycles. The summed E-state index contributed by atoms with van der Waals surface area (Å²) in [5.41, 5.74) is 14.1. The van der Waals surface area contributed by atoms with Gasteiger partial charge in [-0.15, -0.1) is 0 Å². The molecule has 4 heterocycles. The molecule has 0 amide bonds. The van der Waals surface area contributed by atoms with Crippen molar-refractivity contribution in [3.63, 3.8) is 0 Å². The SMILES string of the molecule is CCCCC=Cc1ccc(-c2ccc3c(c2)-c2cccc[n+]2C(CC)(CC)C3=C2c3ccccc3-c3cccc[n+]32)cc1. The maximum Gasteiger partial charge on any atom is 0.230 e. The predicted octanol–water partition coefficient (Wildman–Crippen LogP) is 9.72. The van der Waals surface area contributed by atoms with Gasteiger partial charge in [0.25, 0.3) is 0 Å². The number of aromatic nitrogens is 2. The number of pyridine rings is 2. The van der Waals surface area contributed by atoms with Crippen molar-refractivity contribution in [1.29, 1.82) is 0 Å². The number of rotatable bonds is 7. The Morgan fingerprint density at radius 2 is 1.33 bits per heavy atom. The maximum atomic E-state index is 2.57. The highest BCUT2D eigenvalue weighted by Gasteiger charge is 2.53. The van der Waals surface area contributed by atoms with Crippen LogP contribution in [0.5, 0.6) is 0 Å². The van der Waals surface area contributed by atoms with Gasteiger partial charge < -0.3 is 0 Å². The molecule has 0 atom stereocenters. The first-order valence-electron chi connectivity index (χ1n) is 16.0. The van der Waals surface area contributed by atoms with Crippen LogP contribution in [0, 0.1) is 0 Å². The first-order valence-corrected chi connectivity index (χ1v) is 16.0. The third-order valence-electron chi connectivity index (χ3n) is 9.60. The van der Waals surface area contributed by atoms with Crippen molar-refractivity contribution >= 4 is 17.3 Å². The van der Waals surface area contributed by atoms with Gasteiger partial charge in [0.1, 0.15) is 5.57 Å². The number of nitrogens with zero attached hydrogens (tertiary/aromatic N) is 2. The second-order valence-electron chi connectivity index (χ2n) is 11.8. The molecule has 2 heteroatoms. The van der Waals surface area contributed by atoms with Gasteiger partial charge in [-0.25, -0.2) is 0 Å². The van der Waals surface area contributed by atoms with Crippen LogP contribution in [0.3, 0.4) is 0 Å². The van der Waals surface area contributed by atoms with Crippen LogP contribution >= 0.6 is 0 Å². The summed E-state index contributed by atoms with van der Waals surface area (Å²) in [6, 6.07) is 38.3. The lowest BCUT2D eigenvalue weighted by Crippen LogP contribution is -2.60. The van der Waals surface area contributed by atoms with Gasteiger partial charge in [-0.1, -0.05) is 94.3 Å². The molecule has 7 rings (SSSR count). The summed E-state index contributed by atoms with van der Waals surface area (Å²) in [4.78, 5) is 0. The first kappa shape index (κ1) is 27.3. The average molecular weight is 561 g/mol. The van der Waals surface area contributed by atoms with Crippen LogP contribution in [0.4, 0.5) is 0 Å². The third-order valence-corrected chi connectivity index (χ3v) is 9.60. The van der Waals surface area contributed by atoms with E-state index in [0.717, 1.165) is 19.3 Å². The van der Waals surface area contributed by atoms with Gasteiger partial charge in [-0.2, -0.15) is 9.13 Å². The van der Waals surface area contributed by atoms with E-state index in [2.05, 4.69) is 158 Å². The minimum Gasteiger partial charge on any atom is -0.188 e. The van der Waals surface area contributed by atoms with Crippen LogP contribution in [-0.2, 0) is 5.54 Å². The fourth-order valence-electron chi connectivity index (χ4n) is 7.34. The maximum absolute atomic E-state index is 2.57. The molecule has 2 nitrogen and oxygen atoms in total. The molecule has 0 radical (unpaired) electrons. The molecule has 0 N–H and O–H groups in total. The van der Waals surface area contributed by atoms with E-state index in [4.69, 9.17) is 0 Å². The minimum atomic E-state index is -0.177.